The second kappa shape index (κ2) is 5.76. The van der Waals surface area contributed by atoms with E-state index < -0.39 is 10.1 Å². The molecule has 3 rings (SSSR count). The van der Waals surface area contributed by atoms with Crippen LogP contribution in [0.2, 0.25) is 0 Å². The molecule has 0 atom stereocenters. The third kappa shape index (κ3) is 3.51. The van der Waals surface area contributed by atoms with Crippen LogP contribution < -0.4 is 14.2 Å². The number of methoxy groups -OCH3 is 1. The molecule has 0 spiro atoms. The van der Waals surface area contributed by atoms with Gasteiger partial charge in [0.1, 0.15) is 11.3 Å². The van der Waals surface area contributed by atoms with Crippen LogP contribution in [0.1, 0.15) is 5.76 Å². The highest BCUT2D eigenvalue weighted by Crippen LogP contribution is 2.22. The zero-order valence-electron chi connectivity index (χ0n) is 12.2. The molecular weight excluding hydrogens is 326 g/mol. The van der Waals surface area contributed by atoms with Crippen molar-refractivity contribution < 1.29 is 21.8 Å². The minimum Gasteiger partial charge on any atom is -0.468 e. The van der Waals surface area contributed by atoms with Crippen molar-refractivity contribution in [3.8, 4) is 12.0 Å². The number of H-pyrrole nitrogens is 1. The van der Waals surface area contributed by atoms with Crippen LogP contribution in [0.4, 0.5) is 5.82 Å². The van der Waals surface area contributed by atoms with Gasteiger partial charge >= 0.3 is 16.1 Å². The summed E-state index contributed by atoms with van der Waals surface area (Å²) < 4.78 is 37.5. The van der Waals surface area contributed by atoms with Gasteiger partial charge in [0.05, 0.1) is 26.2 Å². The van der Waals surface area contributed by atoms with Gasteiger partial charge in [0, 0.05) is 6.07 Å². The van der Waals surface area contributed by atoms with Gasteiger partial charge in [0.2, 0.25) is 0 Å². The van der Waals surface area contributed by atoms with Crippen LogP contribution in [0.15, 0.2) is 22.9 Å². The number of imidazole rings is 1. The lowest BCUT2D eigenvalue weighted by Crippen LogP contribution is -2.10. The molecule has 2 N–H and O–H groups in total. The average Bonchev–Trinajstić information content (AvgIpc) is 3.11. The Labute approximate surface area is 131 Å². The normalized spacial score (nSPS) is 11.6. The summed E-state index contributed by atoms with van der Waals surface area (Å²) in [5.41, 5.74) is 0.794. The monoisotopic (exact) mass is 339 g/mol. The SMILES string of the molecule is COc1ccc(CNc2nc(OS(C)(=O)=O)nc3nc[nH]c23)o1. The Kier molecular flexibility index (Phi) is 3.78. The van der Waals surface area contributed by atoms with Gasteiger partial charge in [-0.25, -0.2) is 4.98 Å². The number of ether oxygens (including phenoxy) is 1. The smallest absolute Gasteiger partial charge is 0.337 e. The van der Waals surface area contributed by atoms with Crippen molar-refractivity contribution in [1.82, 2.24) is 19.9 Å². The summed E-state index contributed by atoms with van der Waals surface area (Å²) in [5, 5.41) is 3.01. The Morgan fingerprint density at radius 3 is 2.87 bits per heavy atom. The molecular formula is C12H13N5O5S. The molecule has 0 saturated heterocycles. The van der Waals surface area contributed by atoms with E-state index in [1.165, 1.54) is 13.4 Å². The van der Waals surface area contributed by atoms with E-state index in [4.69, 9.17) is 13.3 Å². The molecule has 0 aliphatic rings. The topological polar surface area (TPSA) is 132 Å². The highest BCUT2D eigenvalue weighted by molar-refractivity contribution is 7.86. The first-order valence-electron chi connectivity index (χ1n) is 6.42. The third-order valence-corrected chi connectivity index (χ3v) is 3.21. The quantitative estimate of drug-likeness (QED) is 0.628. The Balaban J connectivity index is 1.87. The van der Waals surface area contributed by atoms with E-state index >= 15 is 0 Å². The molecule has 3 heterocycles. The fourth-order valence-corrected chi connectivity index (χ4v) is 2.19. The first-order chi connectivity index (χ1) is 10.9. The van der Waals surface area contributed by atoms with Crippen molar-refractivity contribution in [3.05, 3.63) is 24.2 Å². The number of nitrogens with zero attached hydrogens (tertiary/aromatic N) is 3. The molecule has 0 aliphatic heterocycles. The van der Waals surface area contributed by atoms with Gasteiger partial charge in [-0.05, 0) is 6.07 Å². The number of aromatic nitrogens is 4. The molecule has 3 aromatic rings. The minimum atomic E-state index is -3.74. The predicted octanol–water partition coefficient (Wildman–Crippen LogP) is 0.905. The number of nitrogens with one attached hydrogen (secondary N) is 2. The maximum absolute atomic E-state index is 11.2. The van der Waals surface area contributed by atoms with E-state index in [0.29, 0.717) is 29.6 Å². The Bertz CT molecular complexity index is 932. The number of furan rings is 1. The van der Waals surface area contributed by atoms with Gasteiger partial charge in [0.15, 0.2) is 11.5 Å². The fourth-order valence-electron chi connectivity index (χ4n) is 1.85. The maximum Gasteiger partial charge on any atom is 0.337 e. The zero-order chi connectivity index (χ0) is 16.4. The summed E-state index contributed by atoms with van der Waals surface area (Å²) >= 11 is 0. The lowest BCUT2D eigenvalue weighted by Gasteiger charge is -2.07. The lowest BCUT2D eigenvalue weighted by atomic mass is 10.4. The van der Waals surface area contributed by atoms with Crippen LogP contribution in [0, 0.1) is 0 Å². The predicted molar refractivity (Wildman–Crippen MR) is 79.7 cm³/mol. The molecule has 122 valence electrons. The van der Waals surface area contributed by atoms with Crippen LogP contribution in [0.3, 0.4) is 0 Å². The number of rotatable bonds is 6. The molecule has 0 bridgehead atoms. The van der Waals surface area contributed by atoms with E-state index in [9.17, 15) is 8.42 Å². The molecule has 11 heteroatoms. The van der Waals surface area contributed by atoms with E-state index in [2.05, 4.69) is 25.3 Å². The molecule has 0 saturated carbocycles. The van der Waals surface area contributed by atoms with E-state index in [1.54, 1.807) is 12.1 Å². The van der Waals surface area contributed by atoms with Gasteiger partial charge in [-0.2, -0.15) is 18.4 Å². The van der Waals surface area contributed by atoms with Gasteiger partial charge in [0.25, 0.3) is 5.95 Å². The summed E-state index contributed by atoms with van der Waals surface area (Å²) in [5.74, 6) is 1.33. The number of hydrogen-bond donors (Lipinski definition) is 2. The number of anilines is 1. The number of aromatic amines is 1. The van der Waals surface area contributed by atoms with Crippen LogP contribution in [-0.2, 0) is 16.7 Å². The molecule has 0 aliphatic carbocycles. The maximum atomic E-state index is 11.2. The summed E-state index contributed by atoms with van der Waals surface area (Å²) in [6.45, 7) is 0.298. The van der Waals surface area contributed by atoms with E-state index in [0.717, 1.165) is 6.26 Å². The molecule has 0 radical (unpaired) electrons. The summed E-state index contributed by atoms with van der Waals surface area (Å²) in [7, 11) is -2.24. The van der Waals surface area contributed by atoms with E-state index in [-0.39, 0.29) is 11.7 Å². The lowest BCUT2D eigenvalue weighted by molar-refractivity contribution is 0.295. The van der Waals surface area contributed by atoms with Crippen LogP contribution in [0.25, 0.3) is 11.2 Å². The van der Waals surface area contributed by atoms with Crippen LogP contribution >= 0.6 is 0 Å². The van der Waals surface area contributed by atoms with Crippen molar-refractivity contribution in [2.24, 2.45) is 0 Å². The molecule has 0 unspecified atom stereocenters. The number of fused-ring (bicyclic) bond motifs is 1. The van der Waals surface area contributed by atoms with Crippen molar-refractivity contribution in [2.75, 3.05) is 18.7 Å². The zero-order valence-corrected chi connectivity index (χ0v) is 13.0. The van der Waals surface area contributed by atoms with Gasteiger partial charge in [-0.3, -0.25) is 0 Å². The Morgan fingerprint density at radius 1 is 1.35 bits per heavy atom. The molecule has 23 heavy (non-hydrogen) atoms. The summed E-state index contributed by atoms with van der Waals surface area (Å²) in [6.07, 6.45) is 2.33. The van der Waals surface area contributed by atoms with Gasteiger partial charge in [-0.1, -0.05) is 0 Å². The van der Waals surface area contributed by atoms with Crippen molar-refractivity contribution in [3.63, 3.8) is 0 Å². The Morgan fingerprint density at radius 2 is 2.17 bits per heavy atom. The van der Waals surface area contributed by atoms with Gasteiger partial charge < -0.3 is 23.6 Å². The summed E-state index contributed by atoms with van der Waals surface area (Å²) in [4.78, 5) is 14.8. The van der Waals surface area contributed by atoms with Crippen molar-refractivity contribution in [2.45, 2.75) is 6.54 Å². The largest absolute Gasteiger partial charge is 0.468 e. The molecule has 3 aromatic heterocycles. The van der Waals surface area contributed by atoms with Crippen molar-refractivity contribution >= 4 is 27.1 Å². The standard InChI is InChI=1S/C12H13N5O5S/c1-20-8-4-3-7(21-8)5-13-10-9-11(15-6-14-9)17-12(16-10)22-23(2,18)19/h3-4,6H,5H2,1-2H3,(H2,13,14,15,16,17). The second-order valence-electron chi connectivity index (χ2n) is 4.52. The van der Waals surface area contributed by atoms with Crippen molar-refractivity contribution in [1.29, 1.82) is 0 Å². The highest BCUT2D eigenvalue weighted by atomic mass is 32.2. The second-order valence-corrected chi connectivity index (χ2v) is 6.10. The fraction of sp³-hybridized carbons (Fsp3) is 0.250. The van der Waals surface area contributed by atoms with E-state index in [1.807, 2.05) is 0 Å². The minimum absolute atomic E-state index is 0.276. The Hall–Kier alpha value is -2.82. The third-order valence-electron chi connectivity index (χ3n) is 2.76. The average molecular weight is 339 g/mol. The first kappa shape index (κ1) is 15.1. The molecule has 0 fully saturated rings. The van der Waals surface area contributed by atoms with Crippen LogP contribution in [-0.4, -0.2) is 41.7 Å². The van der Waals surface area contributed by atoms with Crippen LogP contribution in [0.5, 0.6) is 12.0 Å². The molecule has 0 amide bonds. The molecule has 10 nitrogen and oxygen atoms in total. The number of hydrogen-bond acceptors (Lipinski definition) is 9. The molecule has 0 aromatic carbocycles. The summed E-state index contributed by atoms with van der Waals surface area (Å²) in [6, 6.07) is 3.11. The highest BCUT2D eigenvalue weighted by Gasteiger charge is 2.14. The first-order valence-corrected chi connectivity index (χ1v) is 8.23. The van der Waals surface area contributed by atoms with Gasteiger partial charge in [-0.15, -0.1) is 0 Å².